The van der Waals surface area contributed by atoms with E-state index in [0.717, 1.165) is 17.8 Å². The molecule has 1 aromatic carbocycles. The van der Waals surface area contributed by atoms with E-state index >= 15 is 0 Å². The molecule has 0 spiro atoms. The number of allylic oxidation sites excluding steroid dienone is 1. The normalized spacial score (nSPS) is 22.5. The van der Waals surface area contributed by atoms with Crippen LogP contribution in [0.4, 0.5) is 0 Å². The third-order valence-corrected chi connectivity index (χ3v) is 6.45. The van der Waals surface area contributed by atoms with Gasteiger partial charge in [0.1, 0.15) is 5.69 Å². The first-order valence-electron chi connectivity index (χ1n) is 10.1. The molecule has 3 nitrogen and oxygen atoms in total. The Hall–Kier alpha value is -2.68. The number of hydrogen-bond donors (Lipinski definition) is 1. The van der Waals surface area contributed by atoms with Gasteiger partial charge >= 0.3 is 0 Å². The smallest absolute Gasteiger partial charge is 0.118 e. The molecular formula is C24H25N3. The van der Waals surface area contributed by atoms with Crippen LogP contribution in [0.3, 0.4) is 0 Å². The van der Waals surface area contributed by atoms with Gasteiger partial charge in [-0.1, -0.05) is 67.8 Å². The van der Waals surface area contributed by atoms with E-state index in [1.807, 2.05) is 24.4 Å². The Kier molecular flexibility index (Phi) is 4.16. The zero-order valence-electron chi connectivity index (χ0n) is 15.6. The topological polar surface area (TPSA) is 41.6 Å². The molecule has 1 saturated carbocycles. The standard InChI is InChI=1S/C24H25N3/c1-3-9-18(10-4-1)24(19-11-5-2-6-12-19)15-14-20-22(17-24)26-27-23(20)21-13-7-8-16-25-21/h1,3-4,7-10,13-16,19H,2,5-6,11-12,17H2,(H,26,27). The van der Waals surface area contributed by atoms with E-state index in [0.29, 0.717) is 5.92 Å². The number of nitrogens with zero attached hydrogens (tertiary/aromatic N) is 2. The van der Waals surface area contributed by atoms with Crippen LogP contribution < -0.4 is 0 Å². The fourth-order valence-electron chi connectivity index (χ4n) is 5.06. The van der Waals surface area contributed by atoms with Crippen LogP contribution in [0.5, 0.6) is 0 Å². The lowest BCUT2D eigenvalue weighted by atomic mass is 9.61. The Morgan fingerprint density at radius 1 is 0.926 bits per heavy atom. The van der Waals surface area contributed by atoms with Gasteiger partial charge in [-0.05, 0) is 36.5 Å². The van der Waals surface area contributed by atoms with Gasteiger partial charge in [0.25, 0.3) is 0 Å². The molecule has 136 valence electrons. The minimum atomic E-state index is 0.0720. The van der Waals surface area contributed by atoms with Crippen molar-refractivity contribution in [3.8, 4) is 11.4 Å². The van der Waals surface area contributed by atoms with Gasteiger partial charge in [0.05, 0.1) is 5.69 Å². The fourth-order valence-corrected chi connectivity index (χ4v) is 5.06. The highest BCUT2D eigenvalue weighted by molar-refractivity contribution is 5.73. The summed E-state index contributed by atoms with van der Waals surface area (Å²) >= 11 is 0. The van der Waals surface area contributed by atoms with Gasteiger partial charge in [-0.15, -0.1) is 0 Å². The highest BCUT2D eigenvalue weighted by Crippen LogP contribution is 2.47. The van der Waals surface area contributed by atoms with Gasteiger partial charge in [0.2, 0.25) is 0 Å². The maximum absolute atomic E-state index is 4.63. The molecule has 2 aliphatic carbocycles. The van der Waals surface area contributed by atoms with E-state index in [-0.39, 0.29) is 5.41 Å². The summed E-state index contributed by atoms with van der Waals surface area (Å²) in [7, 11) is 0. The summed E-state index contributed by atoms with van der Waals surface area (Å²) in [4.78, 5) is 4.50. The van der Waals surface area contributed by atoms with Crippen molar-refractivity contribution >= 4 is 6.08 Å². The van der Waals surface area contributed by atoms with Crippen molar-refractivity contribution in [2.24, 2.45) is 5.92 Å². The van der Waals surface area contributed by atoms with Gasteiger partial charge in [-0.25, -0.2) is 0 Å². The molecule has 3 aromatic rings. The number of aromatic nitrogens is 3. The molecule has 2 heterocycles. The second kappa shape index (κ2) is 6.80. The maximum Gasteiger partial charge on any atom is 0.118 e. The van der Waals surface area contributed by atoms with Crippen LogP contribution in [-0.4, -0.2) is 15.2 Å². The van der Waals surface area contributed by atoms with Crippen molar-refractivity contribution in [2.45, 2.75) is 43.9 Å². The second-order valence-corrected chi connectivity index (χ2v) is 7.93. The molecule has 3 heteroatoms. The Bertz CT molecular complexity index is 936. The van der Waals surface area contributed by atoms with E-state index < -0.39 is 0 Å². The Morgan fingerprint density at radius 2 is 1.74 bits per heavy atom. The first kappa shape index (κ1) is 16.5. The summed E-state index contributed by atoms with van der Waals surface area (Å²) in [5, 5.41) is 7.98. The second-order valence-electron chi connectivity index (χ2n) is 7.93. The van der Waals surface area contributed by atoms with E-state index in [1.165, 1.54) is 48.9 Å². The summed E-state index contributed by atoms with van der Waals surface area (Å²) in [6, 6.07) is 17.1. The Labute approximate surface area is 160 Å². The monoisotopic (exact) mass is 355 g/mol. The third-order valence-electron chi connectivity index (χ3n) is 6.45. The number of rotatable bonds is 3. The van der Waals surface area contributed by atoms with Crippen molar-refractivity contribution in [3.63, 3.8) is 0 Å². The van der Waals surface area contributed by atoms with Crippen molar-refractivity contribution in [3.05, 3.63) is 77.6 Å². The molecule has 0 amide bonds. The van der Waals surface area contributed by atoms with Crippen molar-refractivity contribution in [1.29, 1.82) is 0 Å². The largest absolute Gasteiger partial charge is 0.281 e. The van der Waals surface area contributed by atoms with Crippen molar-refractivity contribution < 1.29 is 0 Å². The molecule has 0 bridgehead atoms. The minimum absolute atomic E-state index is 0.0720. The van der Waals surface area contributed by atoms with Gasteiger partial charge in [0.15, 0.2) is 0 Å². The number of aromatic amines is 1. The lowest BCUT2D eigenvalue weighted by Crippen LogP contribution is -2.38. The summed E-state index contributed by atoms with van der Waals surface area (Å²) in [6.45, 7) is 0. The molecule has 1 atom stereocenters. The van der Waals surface area contributed by atoms with Gasteiger partial charge < -0.3 is 0 Å². The lowest BCUT2D eigenvalue weighted by molar-refractivity contribution is 0.241. The van der Waals surface area contributed by atoms with Crippen molar-refractivity contribution in [2.75, 3.05) is 0 Å². The predicted octanol–water partition coefficient (Wildman–Crippen LogP) is 5.56. The van der Waals surface area contributed by atoms with E-state index in [9.17, 15) is 0 Å². The molecule has 0 aliphatic heterocycles. The number of fused-ring (bicyclic) bond motifs is 1. The fraction of sp³-hybridized carbons (Fsp3) is 0.333. The van der Waals surface area contributed by atoms with Crippen LogP contribution in [0.2, 0.25) is 0 Å². The number of hydrogen-bond acceptors (Lipinski definition) is 2. The van der Waals surface area contributed by atoms with Crippen LogP contribution in [0.1, 0.15) is 48.9 Å². The summed E-state index contributed by atoms with van der Waals surface area (Å²) in [5.74, 6) is 0.694. The van der Waals surface area contributed by atoms with Crippen molar-refractivity contribution in [1.82, 2.24) is 15.2 Å². The molecule has 2 aromatic heterocycles. The quantitative estimate of drug-likeness (QED) is 0.668. The van der Waals surface area contributed by atoms with Crippen LogP contribution in [-0.2, 0) is 11.8 Å². The molecular weight excluding hydrogens is 330 g/mol. The van der Waals surface area contributed by atoms with Gasteiger partial charge in [-0.3, -0.25) is 10.1 Å². The molecule has 0 radical (unpaired) electrons. The maximum atomic E-state index is 4.63. The number of nitrogens with one attached hydrogen (secondary N) is 1. The lowest BCUT2D eigenvalue weighted by Gasteiger charge is -2.43. The van der Waals surface area contributed by atoms with Crippen LogP contribution in [0.15, 0.2) is 60.8 Å². The summed E-state index contributed by atoms with van der Waals surface area (Å²) in [6.07, 6.45) is 14.3. The van der Waals surface area contributed by atoms with Crippen LogP contribution in [0.25, 0.3) is 17.5 Å². The number of H-pyrrole nitrogens is 1. The highest BCUT2D eigenvalue weighted by atomic mass is 15.1. The first-order chi connectivity index (χ1) is 13.4. The number of pyridine rings is 1. The molecule has 1 fully saturated rings. The SMILES string of the molecule is C1=CC(c2ccccc2)(C2CCCCC2)Cc2[nH]nc(-c3ccccn3)c21. The zero-order valence-corrected chi connectivity index (χ0v) is 15.6. The van der Waals surface area contributed by atoms with E-state index in [2.05, 4.69) is 57.7 Å². The Balaban J connectivity index is 1.59. The van der Waals surface area contributed by atoms with E-state index in [4.69, 9.17) is 0 Å². The molecule has 0 saturated heterocycles. The Morgan fingerprint density at radius 3 is 2.52 bits per heavy atom. The van der Waals surface area contributed by atoms with Crippen LogP contribution in [0, 0.1) is 5.92 Å². The summed E-state index contributed by atoms with van der Waals surface area (Å²) < 4.78 is 0. The average molecular weight is 355 g/mol. The van der Waals surface area contributed by atoms with Crippen LogP contribution >= 0.6 is 0 Å². The molecule has 1 N–H and O–H groups in total. The van der Waals surface area contributed by atoms with Gasteiger partial charge in [0, 0.05) is 29.3 Å². The minimum Gasteiger partial charge on any atom is -0.281 e. The third kappa shape index (κ3) is 2.82. The molecule has 5 rings (SSSR count). The number of benzene rings is 1. The average Bonchev–Trinajstić information content (AvgIpc) is 3.18. The summed E-state index contributed by atoms with van der Waals surface area (Å²) in [5.41, 5.74) is 5.86. The molecule has 2 aliphatic rings. The zero-order chi connectivity index (χ0) is 18.1. The highest BCUT2D eigenvalue weighted by Gasteiger charge is 2.41. The first-order valence-corrected chi connectivity index (χ1v) is 10.1. The van der Waals surface area contributed by atoms with E-state index in [1.54, 1.807) is 0 Å². The van der Waals surface area contributed by atoms with Gasteiger partial charge in [-0.2, -0.15) is 5.10 Å². The predicted molar refractivity (Wildman–Crippen MR) is 109 cm³/mol. The molecule has 1 unspecified atom stereocenters. The molecule has 27 heavy (non-hydrogen) atoms.